The molecule has 0 radical (unpaired) electrons. The van der Waals surface area contributed by atoms with Gasteiger partial charge in [-0.2, -0.15) is 0 Å². The van der Waals surface area contributed by atoms with Crippen molar-refractivity contribution in [1.29, 1.82) is 0 Å². The summed E-state index contributed by atoms with van der Waals surface area (Å²) < 4.78 is 23.0. The Morgan fingerprint density at radius 1 is 0.818 bits per heavy atom. The van der Waals surface area contributed by atoms with E-state index in [4.69, 9.17) is 0 Å². The Hall–Kier alpha value is -0.830. The molecule has 0 spiro atoms. The van der Waals surface area contributed by atoms with Crippen LogP contribution in [0.15, 0.2) is 29.2 Å². The monoisotopic (exact) mass is 324 g/mol. The van der Waals surface area contributed by atoms with Crippen LogP contribution >= 0.6 is 0 Å². The molecule has 0 saturated carbocycles. The molecule has 0 aliphatic heterocycles. The summed E-state index contributed by atoms with van der Waals surface area (Å²) in [5.74, 6) is 2.70. The van der Waals surface area contributed by atoms with Crippen LogP contribution in [0.3, 0.4) is 0 Å². The van der Waals surface area contributed by atoms with Crippen molar-refractivity contribution in [1.82, 2.24) is 0 Å². The highest BCUT2D eigenvalue weighted by Crippen LogP contribution is 2.29. The van der Waals surface area contributed by atoms with Crippen LogP contribution in [-0.4, -0.2) is 14.7 Å². The lowest BCUT2D eigenvalue weighted by Crippen LogP contribution is -2.09. The molecule has 0 aliphatic carbocycles. The van der Waals surface area contributed by atoms with E-state index in [0.29, 0.717) is 16.7 Å². The van der Waals surface area contributed by atoms with Crippen molar-refractivity contribution in [3.63, 3.8) is 0 Å². The van der Waals surface area contributed by atoms with E-state index in [9.17, 15) is 8.42 Å². The fourth-order valence-electron chi connectivity index (χ4n) is 3.47. The van der Waals surface area contributed by atoms with Gasteiger partial charge in [-0.25, -0.2) is 8.42 Å². The first-order chi connectivity index (χ1) is 10.1. The van der Waals surface area contributed by atoms with Crippen molar-refractivity contribution in [2.45, 2.75) is 64.7 Å². The van der Waals surface area contributed by atoms with E-state index in [2.05, 4.69) is 34.6 Å². The molecular weight excluding hydrogens is 292 g/mol. The SMILES string of the molecule is CC(C)CC(C)CC(C)CC(C)c1ccc(S(C)(=O)=O)cc1. The Morgan fingerprint density at radius 3 is 1.77 bits per heavy atom. The predicted octanol–water partition coefficient (Wildman–Crippen LogP) is 5.29. The van der Waals surface area contributed by atoms with E-state index in [-0.39, 0.29) is 0 Å². The Balaban J connectivity index is 2.59. The van der Waals surface area contributed by atoms with Crippen molar-refractivity contribution in [2.75, 3.05) is 6.26 Å². The minimum absolute atomic E-state index is 0.405. The predicted molar refractivity (Wildman–Crippen MR) is 95.0 cm³/mol. The van der Waals surface area contributed by atoms with E-state index in [0.717, 1.165) is 18.3 Å². The second-order valence-corrected chi connectivity index (χ2v) is 9.57. The topological polar surface area (TPSA) is 34.1 Å². The van der Waals surface area contributed by atoms with E-state index < -0.39 is 9.84 Å². The highest BCUT2D eigenvalue weighted by molar-refractivity contribution is 7.90. The average molecular weight is 325 g/mol. The lowest BCUT2D eigenvalue weighted by Gasteiger charge is -2.22. The Bertz CT molecular complexity index is 543. The normalized spacial score (nSPS) is 16.5. The molecule has 1 aromatic rings. The molecule has 126 valence electrons. The lowest BCUT2D eigenvalue weighted by molar-refractivity contribution is 0.333. The van der Waals surface area contributed by atoms with Gasteiger partial charge in [0, 0.05) is 6.26 Å². The number of hydrogen-bond acceptors (Lipinski definition) is 2. The van der Waals surface area contributed by atoms with Crippen LogP contribution in [0.5, 0.6) is 0 Å². The highest BCUT2D eigenvalue weighted by atomic mass is 32.2. The van der Waals surface area contributed by atoms with E-state index in [1.54, 1.807) is 12.1 Å². The fourth-order valence-corrected chi connectivity index (χ4v) is 4.10. The molecular formula is C19H32O2S. The number of hydrogen-bond donors (Lipinski definition) is 0. The minimum Gasteiger partial charge on any atom is -0.224 e. The fraction of sp³-hybridized carbons (Fsp3) is 0.684. The van der Waals surface area contributed by atoms with Gasteiger partial charge in [0.05, 0.1) is 4.90 Å². The summed E-state index contributed by atoms with van der Waals surface area (Å²) in [4.78, 5) is 0.405. The molecule has 0 heterocycles. The van der Waals surface area contributed by atoms with Crippen LogP contribution < -0.4 is 0 Å². The van der Waals surface area contributed by atoms with Gasteiger partial charge in [-0.3, -0.25) is 0 Å². The zero-order valence-corrected chi connectivity index (χ0v) is 15.8. The first-order valence-corrected chi connectivity index (χ1v) is 10.3. The molecule has 3 unspecified atom stereocenters. The van der Waals surface area contributed by atoms with Crippen LogP contribution in [0.4, 0.5) is 0 Å². The molecule has 0 amide bonds. The van der Waals surface area contributed by atoms with Crippen molar-refractivity contribution in [3.8, 4) is 0 Å². The molecule has 1 rings (SSSR count). The first kappa shape index (κ1) is 19.2. The summed E-state index contributed by atoms with van der Waals surface area (Å²) in [6.07, 6.45) is 4.97. The van der Waals surface area contributed by atoms with Gasteiger partial charge >= 0.3 is 0 Å². The summed E-state index contributed by atoms with van der Waals surface area (Å²) >= 11 is 0. The maximum Gasteiger partial charge on any atom is 0.175 e. The van der Waals surface area contributed by atoms with Gasteiger partial charge in [0.25, 0.3) is 0 Å². The average Bonchev–Trinajstić information content (AvgIpc) is 2.36. The molecule has 0 aromatic heterocycles. The Morgan fingerprint density at radius 2 is 1.32 bits per heavy atom. The van der Waals surface area contributed by atoms with Crippen LogP contribution in [0.1, 0.15) is 65.4 Å². The largest absolute Gasteiger partial charge is 0.224 e. The molecule has 0 saturated heterocycles. The van der Waals surface area contributed by atoms with Crippen LogP contribution in [0, 0.1) is 17.8 Å². The quantitative estimate of drug-likeness (QED) is 0.651. The third-order valence-electron chi connectivity index (χ3n) is 4.31. The van der Waals surface area contributed by atoms with Gasteiger partial charge in [-0.1, -0.05) is 46.8 Å². The molecule has 3 heteroatoms. The second kappa shape index (κ2) is 8.14. The highest BCUT2D eigenvalue weighted by Gasteiger charge is 2.15. The maximum atomic E-state index is 11.5. The minimum atomic E-state index is -3.10. The molecule has 22 heavy (non-hydrogen) atoms. The van der Waals surface area contributed by atoms with Crippen LogP contribution in [0.2, 0.25) is 0 Å². The lowest BCUT2D eigenvalue weighted by atomic mass is 9.84. The second-order valence-electron chi connectivity index (χ2n) is 7.55. The standard InChI is InChI=1S/C19H32O2S/c1-14(2)11-15(3)12-16(4)13-17(5)18-7-9-19(10-8-18)22(6,20)21/h7-10,14-17H,11-13H2,1-6H3. The van der Waals surface area contributed by atoms with Crippen LogP contribution in [0.25, 0.3) is 0 Å². The van der Waals surface area contributed by atoms with Gasteiger partial charge in [-0.05, 0) is 60.6 Å². The summed E-state index contributed by atoms with van der Waals surface area (Å²) in [7, 11) is -3.10. The molecule has 2 nitrogen and oxygen atoms in total. The van der Waals surface area contributed by atoms with E-state index in [1.165, 1.54) is 24.7 Å². The first-order valence-electron chi connectivity index (χ1n) is 8.39. The molecule has 3 atom stereocenters. The molecule has 0 N–H and O–H groups in total. The summed E-state index contributed by atoms with van der Waals surface area (Å²) in [6.45, 7) is 11.5. The van der Waals surface area contributed by atoms with Gasteiger partial charge in [0.1, 0.15) is 0 Å². The summed E-state index contributed by atoms with van der Waals surface area (Å²) in [6, 6.07) is 7.39. The zero-order chi connectivity index (χ0) is 16.9. The summed E-state index contributed by atoms with van der Waals surface area (Å²) in [5.41, 5.74) is 1.23. The Labute approximate surface area is 137 Å². The van der Waals surface area contributed by atoms with Crippen molar-refractivity contribution in [2.24, 2.45) is 17.8 Å². The number of sulfone groups is 1. The zero-order valence-electron chi connectivity index (χ0n) is 15.0. The molecule has 1 aromatic carbocycles. The van der Waals surface area contributed by atoms with Gasteiger partial charge in [-0.15, -0.1) is 0 Å². The maximum absolute atomic E-state index is 11.5. The van der Waals surface area contributed by atoms with Crippen molar-refractivity contribution < 1.29 is 8.42 Å². The summed E-state index contributed by atoms with van der Waals surface area (Å²) in [5, 5.41) is 0. The van der Waals surface area contributed by atoms with Crippen molar-refractivity contribution >= 4 is 9.84 Å². The molecule has 0 fully saturated rings. The van der Waals surface area contributed by atoms with Crippen molar-refractivity contribution in [3.05, 3.63) is 29.8 Å². The third kappa shape index (κ3) is 6.51. The van der Waals surface area contributed by atoms with Gasteiger partial charge < -0.3 is 0 Å². The molecule has 0 bridgehead atoms. The third-order valence-corrected chi connectivity index (χ3v) is 5.44. The number of benzene rings is 1. The van der Waals surface area contributed by atoms with E-state index in [1.807, 2.05) is 12.1 Å². The number of rotatable bonds is 8. The van der Waals surface area contributed by atoms with Crippen LogP contribution in [-0.2, 0) is 9.84 Å². The molecule has 0 aliphatic rings. The smallest absolute Gasteiger partial charge is 0.175 e. The van der Waals surface area contributed by atoms with Gasteiger partial charge in [0.2, 0.25) is 0 Å². The Kier molecular flexibility index (Phi) is 7.11. The van der Waals surface area contributed by atoms with Gasteiger partial charge in [0.15, 0.2) is 9.84 Å². The van der Waals surface area contributed by atoms with E-state index >= 15 is 0 Å².